The van der Waals surface area contributed by atoms with Gasteiger partial charge in [0.1, 0.15) is 11.2 Å². The van der Waals surface area contributed by atoms with E-state index in [0.29, 0.717) is 18.4 Å². The number of esters is 2. The Kier molecular flexibility index (Phi) is 5.13. The van der Waals surface area contributed by atoms with Gasteiger partial charge >= 0.3 is 11.9 Å². The first-order valence-electron chi connectivity index (χ1n) is 7.69. The molecule has 1 heterocycles. The van der Waals surface area contributed by atoms with E-state index in [4.69, 9.17) is 18.9 Å². The largest absolute Gasteiger partial charge is 0.480 e. The summed E-state index contributed by atoms with van der Waals surface area (Å²) < 4.78 is 20.9. The third-order valence-corrected chi connectivity index (χ3v) is 3.50. The Morgan fingerprint density at radius 3 is 2.42 bits per heavy atom. The number of aromatic nitrogens is 1. The van der Waals surface area contributed by atoms with E-state index in [2.05, 4.69) is 4.98 Å². The average Bonchev–Trinajstić information content (AvgIpc) is 3.31. The van der Waals surface area contributed by atoms with Crippen LogP contribution in [0, 0.1) is 0 Å². The minimum atomic E-state index is -0.860. The zero-order chi connectivity index (χ0) is 18.0. The smallest absolute Gasteiger partial charge is 0.344 e. The number of methoxy groups -OCH3 is 2. The minimum absolute atomic E-state index is 0.141. The van der Waals surface area contributed by atoms with Gasteiger partial charge in [-0.15, -0.1) is 0 Å². The summed E-state index contributed by atoms with van der Waals surface area (Å²) in [6, 6.07) is 1.60. The number of carbonyl (C=O) groups excluding carboxylic acids is 2. The molecule has 1 fully saturated rings. The van der Waals surface area contributed by atoms with Crippen molar-refractivity contribution >= 4 is 11.9 Å². The highest BCUT2D eigenvalue weighted by Crippen LogP contribution is 2.41. The summed E-state index contributed by atoms with van der Waals surface area (Å²) in [7, 11) is 2.77. The van der Waals surface area contributed by atoms with Crippen LogP contribution in [0.3, 0.4) is 0 Å². The standard InChI is InChI=1S/C17H23NO6/c1-16(2,3)24-14(19)12-8-11(9-18-13(12)21-4)10-23-17(6-7-17)15(20)22-5/h8-9H,6-7,10H2,1-5H3. The summed E-state index contributed by atoms with van der Waals surface area (Å²) >= 11 is 0. The van der Waals surface area contributed by atoms with Crippen molar-refractivity contribution < 1.29 is 28.5 Å². The monoisotopic (exact) mass is 337 g/mol. The summed E-state index contributed by atoms with van der Waals surface area (Å²) in [6.45, 7) is 5.49. The first kappa shape index (κ1) is 18.2. The zero-order valence-corrected chi connectivity index (χ0v) is 14.7. The molecular formula is C17H23NO6. The zero-order valence-electron chi connectivity index (χ0n) is 14.7. The summed E-state index contributed by atoms with van der Waals surface area (Å²) in [4.78, 5) is 28.1. The van der Waals surface area contributed by atoms with Gasteiger partial charge in [-0.05, 0) is 45.2 Å². The molecule has 1 aromatic rings. The van der Waals surface area contributed by atoms with Crippen LogP contribution in [0.4, 0.5) is 0 Å². The molecule has 24 heavy (non-hydrogen) atoms. The van der Waals surface area contributed by atoms with Crippen molar-refractivity contribution in [3.05, 3.63) is 23.4 Å². The molecule has 0 radical (unpaired) electrons. The molecule has 0 saturated heterocycles. The Morgan fingerprint density at radius 1 is 1.25 bits per heavy atom. The van der Waals surface area contributed by atoms with E-state index in [1.807, 2.05) is 0 Å². The Balaban J connectivity index is 2.14. The molecule has 1 aliphatic carbocycles. The molecule has 1 saturated carbocycles. The third kappa shape index (κ3) is 4.23. The maximum absolute atomic E-state index is 12.3. The number of rotatable bonds is 6. The first-order valence-corrected chi connectivity index (χ1v) is 7.69. The predicted octanol–water partition coefficient (Wildman–Crippen LogP) is 2.27. The van der Waals surface area contributed by atoms with Crippen LogP contribution in [0.15, 0.2) is 12.3 Å². The molecular weight excluding hydrogens is 314 g/mol. The molecule has 0 aromatic carbocycles. The van der Waals surface area contributed by atoms with Crippen LogP contribution in [-0.4, -0.2) is 42.3 Å². The van der Waals surface area contributed by atoms with Crippen molar-refractivity contribution in [2.75, 3.05) is 14.2 Å². The van der Waals surface area contributed by atoms with Gasteiger partial charge in [-0.25, -0.2) is 14.6 Å². The number of hydrogen-bond acceptors (Lipinski definition) is 7. The lowest BCUT2D eigenvalue weighted by molar-refractivity contribution is -0.158. The molecule has 7 nitrogen and oxygen atoms in total. The number of carbonyl (C=O) groups is 2. The molecule has 0 spiro atoms. The van der Waals surface area contributed by atoms with E-state index in [1.165, 1.54) is 14.2 Å². The molecule has 132 valence electrons. The van der Waals surface area contributed by atoms with E-state index in [0.717, 1.165) is 0 Å². The fraction of sp³-hybridized carbons (Fsp3) is 0.588. The van der Waals surface area contributed by atoms with E-state index in [9.17, 15) is 9.59 Å². The van der Waals surface area contributed by atoms with Crippen LogP contribution in [0.5, 0.6) is 5.88 Å². The fourth-order valence-electron chi connectivity index (χ4n) is 2.14. The highest BCUT2D eigenvalue weighted by atomic mass is 16.6. The average molecular weight is 337 g/mol. The second-order valence-electron chi connectivity index (χ2n) is 6.68. The summed E-state index contributed by atoms with van der Waals surface area (Å²) in [5.41, 5.74) is -0.624. The number of ether oxygens (including phenoxy) is 4. The summed E-state index contributed by atoms with van der Waals surface area (Å²) in [5, 5.41) is 0. The van der Waals surface area contributed by atoms with Crippen molar-refractivity contribution in [2.45, 2.75) is 51.4 Å². The van der Waals surface area contributed by atoms with E-state index in [1.54, 1.807) is 33.0 Å². The molecule has 2 rings (SSSR count). The van der Waals surface area contributed by atoms with Crippen LogP contribution in [0.25, 0.3) is 0 Å². The van der Waals surface area contributed by atoms with Gasteiger partial charge in [0.05, 0.1) is 20.8 Å². The first-order chi connectivity index (χ1) is 11.2. The maximum atomic E-state index is 12.3. The molecule has 0 atom stereocenters. The molecule has 7 heteroatoms. The topological polar surface area (TPSA) is 84.0 Å². The van der Waals surface area contributed by atoms with E-state index in [-0.39, 0.29) is 24.0 Å². The lowest BCUT2D eigenvalue weighted by Gasteiger charge is -2.20. The molecule has 1 aromatic heterocycles. The van der Waals surface area contributed by atoms with Crippen molar-refractivity contribution in [1.82, 2.24) is 4.98 Å². The quantitative estimate of drug-likeness (QED) is 0.736. The number of nitrogens with zero attached hydrogens (tertiary/aromatic N) is 1. The van der Waals surface area contributed by atoms with Crippen molar-refractivity contribution in [3.63, 3.8) is 0 Å². The van der Waals surface area contributed by atoms with Crippen molar-refractivity contribution in [1.29, 1.82) is 0 Å². The highest BCUT2D eigenvalue weighted by Gasteiger charge is 2.52. The summed E-state index contributed by atoms with van der Waals surface area (Å²) in [5.74, 6) is -0.721. The van der Waals surface area contributed by atoms with Gasteiger partial charge < -0.3 is 18.9 Å². The second kappa shape index (κ2) is 6.76. The minimum Gasteiger partial charge on any atom is -0.480 e. The number of hydrogen-bond donors (Lipinski definition) is 0. The number of pyridine rings is 1. The van der Waals surface area contributed by atoms with Crippen molar-refractivity contribution in [3.8, 4) is 5.88 Å². The van der Waals surface area contributed by atoms with Crippen molar-refractivity contribution in [2.24, 2.45) is 0 Å². The van der Waals surface area contributed by atoms with Gasteiger partial charge in [0.2, 0.25) is 5.88 Å². The van der Waals surface area contributed by atoms with E-state index < -0.39 is 17.2 Å². The normalized spacial score (nSPS) is 15.5. The van der Waals surface area contributed by atoms with Gasteiger partial charge in [0.25, 0.3) is 0 Å². The third-order valence-electron chi connectivity index (χ3n) is 3.50. The van der Waals surface area contributed by atoms with Crippen LogP contribution in [0.1, 0.15) is 49.5 Å². The van der Waals surface area contributed by atoms with Crippen LogP contribution in [-0.2, 0) is 25.6 Å². The molecule has 0 unspecified atom stereocenters. The molecule has 0 N–H and O–H groups in total. The Labute approximate surface area is 141 Å². The summed E-state index contributed by atoms with van der Waals surface area (Å²) in [6.07, 6.45) is 2.80. The van der Waals surface area contributed by atoms with Gasteiger partial charge in [-0.2, -0.15) is 0 Å². The Hall–Kier alpha value is -2.15. The van der Waals surface area contributed by atoms with E-state index >= 15 is 0 Å². The van der Waals surface area contributed by atoms with Crippen LogP contribution >= 0.6 is 0 Å². The van der Waals surface area contributed by atoms with Gasteiger partial charge in [-0.3, -0.25) is 0 Å². The lowest BCUT2D eigenvalue weighted by Crippen LogP contribution is -2.27. The fourth-order valence-corrected chi connectivity index (χ4v) is 2.14. The molecule has 1 aliphatic rings. The molecule has 0 aliphatic heterocycles. The predicted molar refractivity (Wildman–Crippen MR) is 84.7 cm³/mol. The maximum Gasteiger partial charge on any atom is 0.344 e. The Morgan fingerprint density at radius 2 is 1.92 bits per heavy atom. The van der Waals surface area contributed by atoms with Gasteiger partial charge in [-0.1, -0.05) is 0 Å². The van der Waals surface area contributed by atoms with Crippen LogP contribution < -0.4 is 4.74 Å². The molecule has 0 bridgehead atoms. The highest BCUT2D eigenvalue weighted by molar-refractivity contribution is 5.92. The van der Waals surface area contributed by atoms with Crippen LogP contribution in [0.2, 0.25) is 0 Å². The van der Waals surface area contributed by atoms with Gasteiger partial charge in [0.15, 0.2) is 5.60 Å². The van der Waals surface area contributed by atoms with Gasteiger partial charge in [0, 0.05) is 6.20 Å². The lowest BCUT2D eigenvalue weighted by atomic mass is 10.1. The molecule has 0 amide bonds. The Bertz CT molecular complexity index is 630. The SMILES string of the molecule is COC(=O)C1(OCc2cnc(OC)c(C(=O)OC(C)(C)C)c2)CC1. The second-order valence-corrected chi connectivity index (χ2v) is 6.68.